The first-order chi connectivity index (χ1) is 11.0. The molecule has 2 aromatic rings. The van der Waals surface area contributed by atoms with Crippen molar-refractivity contribution < 1.29 is 24.2 Å². The molecule has 1 aromatic carbocycles. The Labute approximate surface area is 133 Å². The highest BCUT2D eigenvalue weighted by molar-refractivity contribution is 6.03. The molecule has 1 N–H and O–H groups in total. The van der Waals surface area contributed by atoms with Gasteiger partial charge in [-0.25, -0.2) is 14.3 Å². The summed E-state index contributed by atoms with van der Waals surface area (Å²) in [6.45, 7) is 1.57. The molecule has 0 saturated carbocycles. The van der Waals surface area contributed by atoms with Gasteiger partial charge in [0.25, 0.3) is 0 Å². The summed E-state index contributed by atoms with van der Waals surface area (Å²) in [5.74, 6) is -1.41. The normalized spacial score (nSPS) is 11.8. The van der Waals surface area contributed by atoms with Crippen molar-refractivity contribution in [2.24, 2.45) is 0 Å². The summed E-state index contributed by atoms with van der Waals surface area (Å²) in [5, 5.41) is 13.9. The lowest BCUT2D eigenvalue weighted by molar-refractivity contribution is 0.0548. The van der Waals surface area contributed by atoms with Crippen molar-refractivity contribution in [2.75, 3.05) is 14.2 Å². The maximum Gasteiger partial charge on any atom is 0.357 e. The summed E-state index contributed by atoms with van der Waals surface area (Å²) in [6.07, 6.45) is -0.628. The Balaban J connectivity index is 2.73. The molecule has 0 saturated heterocycles. The lowest BCUT2D eigenvalue weighted by Crippen LogP contribution is -2.16. The second-order valence-corrected chi connectivity index (χ2v) is 4.95. The Morgan fingerprint density at radius 2 is 1.78 bits per heavy atom. The average molecular weight is 318 g/mol. The van der Waals surface area contributed by atoms with Crippen LogP contribution in [0.5, 0.6) is 0 Å². The lowest BCUT2D eigenvalue weighted by atomic mass is 10.1. The molecule has 0 bridgehead atoms. The molecule has 1 heterocycles. The number of carbonyl (C=O) groups is 2. The van der Waals surface area contributed by atoms with E-state index in [1.807, 2.05) is 6.07 Å². The van der Waals surface area contributed by atoms with E-state index in [1.54, 1.807) is 31.2 Å². The van der Waals surface area contributed by atoms with Crippen molar-refractivity contribution in [3.63, 3.8) is 0 Å². The zero-order valence-corrected chi connectivity index (χ0v) is 13.1. The second-order valence-electron chi connectivity index (χ2n) is 4.95. The van der Waals surface area contributed by atoms with E-state index in [0.29, 0.717) is 5.69 Å². The molecule has 1 aromatic heterocycles. The highest BCUT2D eigenvalue weighted by Gasteiger charge is 2.30. The summed E-state index contributed by atoms with van der Waals surface area (Å²) in [6, 6.07) is 8.87. The summed E-state index contributed by atoms with van der Waals surface area (Å²) in [4.78, 5) is 24.3. The maximum atomic E-state index is 12.2. The third-order valence-corrected chi connectivity index (χ3v) is 3.22. The minimum Gasteiger partial charge on any atom is -0.465 e. The van der Waals surface area contributed by atoms with E-state index in [9.17, 15) is 14.7 Å². The van der Waals surface area contributed by atoms with Crippen molar-refractivity contribution in [1.29, 1.82) is 0 Å². The molecule has 0 radical (unpaired) electrons. The average Bonchev–Trinajstić information content (AvgIpc) is 2.92. The predicted octanol–water partition coefficient (Wildman–Crippen LogP) is 1.37. The quantitative estimate of drug-likeness (QED) is 0.837. The Morgan fingerprint density at radius 1 is 1.17 bits per heavy atom. The number of benzene rings is 1. The van der Waals surface area contributed by atoms with Gasteiger partial charge < -0.3 is 14.6 Å². The van der Waals surface area contributed by atoms with Gasteiger partial charge in [0.15, 0.2) is 5.69 Å². The van der Waals surface area contributed by atoms with Crippen molar-refractivity contribution in [3.05, 3.63) is 47.3 Å². The fourth-order valence-electron chi connectivity index (χ4n) is 2.24. The number of para-hydroxylation sites is 1. The van der Waals surface area contributed by atoms with Crippen molar-refractivity contribution in [2.45, 2.75) is 19.4 Å². The van der Waals surface area contributed by atoms with E-state index < -0.39 is 18.0 Å². The standard InChI is InChI=1S/C16H18N2O5/c1-10(19)9-12-13(15(20)22-2)14(16(21)23-3)18(17-12)11-7-5-4-6-8-11/h4-8,10,19H,9H2,1-3H3. The van der Waals surface area contributed by atoms with E-state index in [1.165, 1.54) is 18.9 Å². The largest absolute Gasteiger partial charge is 0.465 e. The Kier molecular flexibility index (Phi) is 5.13. The highest BCUT2D eigenvalue weighted by atomic mass is 16.5. The van der Waals surface area contributed by atoms with E-state index in [2.05, 4.69) is 5.10 Å². The molecule has 23 heavy (non-hydrogen) atoms. The van der Waals surface area contributed by atoms with Gasteiger partial charge in [-0.3, -0.25) is 0 Å². The van der Waals surface area contributed by atoms with Crippen molar-refractivity contribution in [3.8, 4) is 5.69 Å². The molecule has 0 aliphatic carbocycles. The van der Waals surface area contributed by atoms with Gasteiger partial charge in [0.1, 0.15) is 5.56 Å². The van der Waals surface area contributed by atoms with E-state index in [0.717, 1.165) is 0 Å². The Morgan fingerprint density at radius 3 is 2.30 bits per heavy atom. The van der Waals surface area contributed by atoms with Crippen LogP contribution >= 0.6 is 0 Å². The van der Waals surface area contributed by atoms with Gasteiger partial charge in [0.2, 0.25) is 0 Å². The molecule has 1 unspecified atom stereocenters. The maximum absolute atomic E-state index is 12.2. The molecule has 0 spiro atoms. The molecule has 122 valence electrons. The van der Waals surface area contributed by atoms with Crippen LogP contribution in [0.3, 0.4) is 0 Å². The summed E-state index contributed by atoms with van der Waals surface area (Å²) >= 11 is 0. The SMILES string of the molecule is COC(=O)c1c(CC(C)O)nn(-c2ccccc2)c1C(=O)OC. The lowest BCUT2D eigenvalue weighted by Gasteiger charge is -2.07. The molecule has 2 rings (SSSR count). The molecule has 7 heteroatoms. The van der Waals surface area contributed by atoms with Crippen molar-refractivity contribution >= 4 is 11.9 Å². The minimum absolute atomic E-state index is 0.00380. The number of esters is 2. The van der Waals surface area contributed by atoms with Crippen LogP contribution in [0.25, 0.3) is 5.69 Å². The molecule has 0 fully saturated rings. The van der Waals surface area contributed by atoms with Crippen LogP contribution in [0.2, 0.25) is 0 Å². The highest BCUT2D eigenvalue weighted by Crippen LogP contribution is 2.22. The van der Waals surface area contributed by atoms with Crippen LogP contribution in [-0.4, -0.2) is 47.1 Å². The number of nitrogens with zero attached hydrogens (tertiary/aromatic N) is 2. The monoisotopic (exact) mass is 318 g/mol. The molecule has 1 atom stereocenters. The topological polar surface area (TPSA) is 90.6 Å². The number of ether oxygens (including phenoxy) is 2. The molecule has 7 nitrogen and oxygen atoms in total. The Hall–Kier alpha value is -2.67. The minimum atomic E-state index is -0.733. The van der Waals surface area contributed by atoms with Crippen LogP contribution in [0.1, 0.15) is 33.5 Å². The van der Waals surface area contributed by atoms with Gasteiger partial charge in [-0.2, -0.15) is 5.10 Å². The first-order valence-electron chi connectivity index (χ1n) is 7.01. The van der Waals surface area contributed by atoms with E-state index in [-0.39, 0.29) is 23.4 Å². The zero-order chi connectivity index (χ0) is 17.0. The van der Waals surface area contributed by atoms with Crippen LogP contribution in [0, 0.1) is 0 Å². The number of aliphatic hydroxyl groups is 1. The Bertz CT molecular complexity index is 707. The number of rotatable bonds is 5. The van der Waals surface area contributed by atoms with Crippen molar-refractivity contribution in [1.82, 2.24) is 9.78 Å². The number of carbonyl (C=O) groups excluding carboxylic acids is 2. The fourth-order valence-corrected chi connectivity index (χ4v) is 2.24. The molecule has 0 aliphatic rings. The summed E-state index contributed by atoms with van der Waals surface area (Å²) in [7, 11) is 2.44. The smallest absolute Gasteiger partial charge is 0.357 e. The number of hydrogen-bond donors (Lipinski definition) is 1. The van der Waals surface area contributed by atoms with Gasteiger partial charge >= 0.3 is 11.9 Å². The van der Waals surface area contributed by atoms with Gasteiger partial charge in [-0.15, -0.1) is 0 Å². The molecule has 0 amide bonds. The van der Waals surface area contributed by atoms with Crippen LogP contribution < -0.4 is 0 Å². The van der Waals surface area contributed by atoms with Crippen LogP contribution in [0.4, 0.5) is 0 Å². The van der Waals surface area contributed by atoms with Gasteiger partial charge in [-0.1, -0.05) is 18.2 Å². The van der Waals surface area contributed by atoms with E-state index >= 15 is 0 Å². The number of aliphatic hydroxyl groups excluding tert-OH is 1. The first kappa shape index (κ1) is 16.7. The third kappa shape index (κ3) is 3.40. The first-order valence-corrected chi connectivity index (χ1v) is 7.01. The van der Waals surface area contributed by atoms with Gasteiger partial charge in [0.05, 0.1) is 31.7 Å². The zero-order valence-electron chi connectivity index (χ0n) is 13.1. The fraction of sp³-hybridized carbons (Fsp3) is 0.312. The summed E-state index contributed by atoms with van der Waals surface area (Å²) < 4.78 is 10.9. The predicted molar refractivity (Wildman–Crippen MR) is 81.6 cm³/mol. The number of methoxy groups -OCH3 is 2. The van der Waals surface area contributed by atoms with Gasteiger partial charge in [0, 0.05) is 6.42 Å². The van der Waals surface area contributed by atoms with E-state index in [4.69, 9.17) is 9.47 Å². The molecular formula is C16H18N2O5. The number of aromatic nitrogens is 2. The molecular weight excluding hydrogens is 300 g/mol. The number of hydrogen-bond acceptors (Lipinski definition) is 6. The van der Waals surface area contributed by atoms with Gasteiger partial charge in [-0.05, 0) is 19.1 Å². The second kappa shape index (κ2) is 7.06. The third-order valence-electron chi connectivity index (χ3n) is 3.22. The molecule has 0 aliphatic heterocycles. The van der Waals surface area contributed by atoms with Crippen LogP contribution in [0.15, 0.2) is 30.3 Å². The summed E-state index contributed by atoms with van der Waals surface area (Å²) in [5.41, 5.74) is 0.844. The van der Waals surface area contributed by atoms with Crippen LogP contribution in [-0.2, 0) is 15.9 Å².